The number of nitrogens with two attached hydrogens (primary N) is 1. The molecule has 0 spiro atoms. The Bertz CT molecular complexity index is 577. The molecule has 0 unspecified atom stereocenters. The van der Waals surface area contributed by atoms with E-state index in [0.717, 1.165) is 5.56 Å². The molecule has 2 aromatic rings. The Labute approximate surface area is 112 Å². The zero-order valence-electron chi connectivity index (χ0n) is 9.60. The van der Waals surface area contributed by atoms with Gasteiger partial charge >= 0.3 is 0 Å². The maximum atomic E-state index is 13.7. The van der Waals surface area contributed by atoms with Crippen LogP contribution in [-0.4, -0.2) is 0 Å². The van der Waals surface area contributed by atoms with Crippen LogP contribution in [0.25, 0.3) is 0 Å². The standard InChI is InChI=1S/C13H11BrF2N2/c1-7-3-2-4-11(12(7)17)18-13-9(15)5-8(14)6-10(13)16/h2-6,18H,17H2,1H3. The van der Waals surface area contributed by atoms with Crippen LogP contribution in [0, 0.1) is 18.6 Å². The Morgan fingerprint density at radius 3 is 2.39 bits per heavy atom. The van der Waals surface area contributed by atoms with Gasteiger partial charge in [0.05, 0.1) is 11.4 Å². The average molecular weight is 313 g/mol. The van der Waals surface area contributed by atoms with E-state index >= 15 is 0 Å². The molecule has 0 fully saturated rings. The highest BCUT2D eigenvalue weighted by atomic mass is 79.9. The van der Waals surface area contributed by atoms with Crippen LogP contribution in [0.5, 0.6) is 0 Å². The highest BCUT2D eigenvalue weighted by molar-refractivity contribution is 9.10. The molecule has 5 heteroatoms. The summed E-state index contributed by atoms with van der Waals surface area (Å²) in [6.07, 6.45) is 0. The summed E-state index contributed by atoms with van der Waals surface area (Å²) in [5.74, 6) is -1.36. The maximum Gasteiger partial charge on any atom is 0.150 e. The second-order valence-electron chi connectivity index (χ2n) is 3.91. The molecule has 0 heterocycles. The lowest BCUT2D eigenvalue weighted by molar-refractivity contribution is 0.589. The number of benzene rings is 2. The molecule has 0 bridgehead atoms. The quantitative estimate of drug-likeness (QED) is 0.808. The van der Waals surface area contributed by atoms with Crippen LogP contribution in [0.1, 0.15) is 5.56 Å². The fourth-order valence-corrected chi connectivity index (χ4v) is 1.99. The summed E-state index contributed by atoms with van der Waals surface area (Å²) in [6, 6.07) is 7.65. The Hall–Kier alpha value is -1.62. The molecular weight excluding hydrogens is 302 g/mol. The average Bonchev–Trinajstić information content (AvgIpc) is 2.28. The van der Waals surface area contributed by atoms with Crippen LogP contribution in [0.15, 0.2) is 34.8 Å². The van der Waals surface area contributed by atoms with Gasteiger partial charge in [0.15, 0.2) is 11.6 Å². The molecule has 0 saturated heterocycles. The number of anilines is 3. The van der Waals surface area contributed by atoms with Crippen LogP contribution in [0.4, 0.5) is 25.8 Å². The van der Waals surface area contributed by atoms with Gasteiger partial charge in [0, 0.05) is 4.47 Å². The lowest BCUT2D eigenvalue weighted by Gasteiger charge is -2.12. The van der Waals surface area contributed by atoms with Crippen molar-refractivity contribution >= 4 is 33.0 Å². The van der Waals surface area contributed by atoms with Crippen LogP contribution in [-0.2, 0) is 0 Å². The largest absolute Gasteiger partial charge is 0.397 e. The Balaban J connectivity index is 2.43. The normalized spacial score (nSPS) is 10.4. The van der Waals surface area contributed by atoms with Crippen molar-refractivity contribution in [2.45, 2.75) is 6.92 Å². The fraction of sp³-hybridized carbons (Fsp3) is 0.0769. The highest BCUT2D eigenvalue weighted by Gasteiger charge is 2.12. The first kappa shape index (κ1) is 12.8. The van der Waals surface area contributed by atoms with E-state index in [1.165, 1.54) is 12.1 Å². The Morgan fingerprint density at radius 1 is 1.17 bits per heavy atom. The lowest BCUT2D eigenvalue weighted by Crippen LogP contribution is -2.02. The Kier molecular flexibility index (Phi) is 3.52. The molecule has 94 valence electrons. The first-order valence-corrected chi connectivity index (χ1v) is 6.05. The second kappa shape index (κ2) is 4.94. The second-order valence-corrected chi connectivity index (χ2v) is 4.82. The van der Waals surface area contributed by atoms with E-state index in [1.54, 1.807) is 12.1 Å². The third-order valence-electron chi connectivity index (χ3n) is 2.59. The summed E-state index contributed by atoms with van der Waals surface area (Å²) in [5.41, 5.74) is 7.43. The van der Waals surface area contributed by atoms with E-state index in [9.17, 15) is 8.78 Å². The van der Waals surface area contributed by atoms with Gasteiger partial charge in [0.1, 0.15) is 5.69 Å². The molecule has 3 N–H and O–H groups in total. The van der Waals surface area contributed by atoms with E-state index in [2.05, 4.69) is 21.2 Å². The number of rotatable bonds is 2. The van der Waals surface area contributed by atoms with E-state index in [4.69, 9.17) is 5.73 Å². The van der Waals surface area contributed by atoms with Gasteiger partial charge in [-0.05, 0) is 30.7 Å². The minimum absolute atomic E-state index is 0.212. The first-order chi connectivity index (χ1) is 8.49. The zero-order chi connectivity index (χ0) is 13.3. The number of halogens is 3. The third-order valence-corrected chi connectivity index (χ3v) is 3.05. The highest BCUT2D eigenvalue weighted by Crippen LogP contribution is 2.30. The van der Waals surface area contributed by atoms with Crippen molar-refractivity contribution in [3.05, 3.63) is 52.0 Å². The Morgan fingerprint density at radius 2 is 1.78 bits per heavy atom. The van der Waals surface area contributed by atoms with Crippen LogP contribution in [0.2, 0.25) is 0 Å². The zero-order valence-corrected chi connectivity index (χ0v) is 11.2. The SMILES string of the molecule is Cc1cccc(Nc2c(F)cc(Br)cc2F)c1N. The van der Waals surface area contributed by atoms with Gasteiger partial charge in [0.2, 0.25) is 0 Å². The number of aryl methyl sites for hydroxylation is 1. The fourth-order valence-electron chi connectivity index (χ4n) is 1.59. The molecule has 0 aliphatic rings. The van der Waals surface area contributed by atoms with Crippen molar-refractivity contribution in [3.8, 4) is 0 Å². The predicted molar refractivity (Wildman–Crippen MR) is 72.9 cm³/mol. The van der Waals surface area contributed by atoms with Crippen molar-refractivity contribution < 1.29 is 8.78 Å². The van der Waals surface area contributed by atoms with E-state index in [1.807, 2.05) is 13.0 Å². The van der Waals surface area contributed by atoms with Crippen LogP contribution in [0.3, 0.4) is 0 Å². The van der Waals surface area contributed by atoms with Crippen molar-refractivity contribution in [1.29, 1.82) is 0 Å². The van der Waals surface area contributed by atoms with Gasteiger partial charge in [0.25, 0.3) is 0 Å². The predicted octanol–water partition coefficient (Wildman–Crippen LogP) is 4.36. The summed E-state index contributed by atoms with van der Waals surface area (Å²) in [5, 5.41) is 2.68. The minimum atomic E-state index is -0.678. The molecule has 2 aromatic carbocycles. The lowest BCUT2D eigenvalue weighted by atomic mass is 10.1. The molecule has 0 aliphatic heterocycles. The van der Waals surface area contributed by atoms with Crippen LogP contribution >= 0.6 is 15.9 Å². The maximum absolute atomic E-state index is 13.7. The van der Waals surface area contributed by atoms with Crippen molar-refractivity contribution in [3.63, 3.8) is 0 Å². The van der Waals surface area contributed by atoms with Crippen LogP contribution < -0.4 is 11.1 Å². The summed E-state index contributed by atoms with van der Waals surface area (Å²) in [7, 11) is 0. The summed E-state index contributed by atoms with van der Waals surface area (Å²) < 4.78 is 27.7. The summed E-state index contributed by atoms with van der Waals surface area (Å²) in [4.78, 5) is 0. The molecule has 18 heavy (non-hydrogen) atoms. The number of nitrogen functional groups attached to an aromatic ring is 1. The molecule has 0 radical (unpaired) electrons. The van der Waals surface area contributed by atoms with Gasteiger partial charge in [-0.1, -0.05) is 28.1 Å². The molecular formula is C13H11BrF2N2. The summed E-state index contributed by atoms with van der Waals surface area (Å²) in [6.45, 7) is 1.83. The van der Waals surface area contributed by atoms with Crippen molar-refractivity contribution in [2.24, 2.45) is 0 Å². The molecule has 0 saturated carbocycles. The van der Waals surface area contributed by atoms with Crippen molar-refractivity contribution in [1.82, 2.24) is 0 Å². The van der Waals surface area contributed by atoms with Gasteiger partial charge in [-0.2, -0.15) is 0 Å². The molecule has 0 aliphatic carbocycles. The third kappa shape index (κ3) is 2.46. The molecule has 2 rings (SSSR count). The van der Waals surface area contributed by atoms with Crippen molar-refractivity contribution in [2.75, 3.05) is 11.1 Å². The first-order valence-electron chi connectivity index (χ1n) is 5.25. The smallest absolute Gasteiger partial charge is 0.150 e. The molecule has 0 atom stereocenters. The number of nitrogens with one attached hydrogen (secondary N) is 1. The summed E-state index contributed by atoms with van der Waals surface area (Å²) >= 11 is 3.03. The van der Waals surface area contributed by atoms with E-state index in [-0.39, 0.29) is 5.69 Å². The van der Waals surface area contributed by atoms with Gasteiger partial charge in [-0.15, -0.1) is 0 Å². The van der Waals surface area contributed by atoms with Gasteiger partial charge in [-0.3, -0.25) is 0 Å². The minimum Gasteiger partial charge on any atom is -0.397 e. The van der Waals surface area contributed by atoms with E-state index < -0.39 is 11.6 Å². The molecule has 2 nitrogen and oxygen atoms in total. The van der Waals surface area contributed by atoms with E-state index in [0.29, 0.717) is 15.8 Å². The number of hydrogen-bond acceptors (Lipinski definition) is 2. The molecule has 0 amide bonds. The topological polar surface area (TPSA) is 38.0 Å². The molecule has 0 aromatic heterocycles. The van der Waals surface area contributed by atoms with Gasteiger partial charge < -0.3 is 11.1 Å². The number of para-hydroxylation sites is 1. The monoisotopic (exact) mass is 312 g/mol. The number of hydrogen-bond donors (Lipinski definition) is 2. The van der Waals surface area contributed by atoms with Gasteiger partial charge in [-0.25, -0.2) is 8.78 Å².